The second kappa shape index (κ2) is 4.88. The van der Waals surface area contributed by atoms with Crippen LogP contribution in [-0.4, -0.2) is 27.7 Å². The number of aromatic nitrogens is 2. The van der Waals surface area contributed by atoms with Gasteiger partial charge in [-0.05, 0) is 38.1 Å². The Labute approximate surface area is 105 Å². The van der Waals surface area contributed by atoms with Crippen molar-refractivity contribution >= 4 is 16.5 Å². The molecule has 1 saturated heterocycles. The summed E-state index contributed by atoms with van der Waals surface area (Å²) in [6.07, 6.45) is 6.95. The van der Waals surface area contributed by atoms with Crippen molar-refractivity contribution in [3.63, 3.8) is 0 Å². The number of rotatable bonds is 3. The molecule has 2 unspecified atom stereocenters. The van der Waals surface area contributed by atoms with E-state index in [0.29, 0.717) is 5.13 Å². The predicted molar refractivity (Wildman–Crippen MR) is 68.5 cm³/mol. The summed E-state index contributed by atoms with van der Waals surface area (Å²) in [6.45, 7) is 2.16. The molecule has 1 saturated carbocycles. The van der Waals surface area contributed by atoms with Crippen LogP contribution in [0.3, 0.4) is 0 Å². The zero-order chi connectivity index (χ0) is 11.7. The van der Waals surface area contributed by atoms with E-state index in [-0.39, 0.29) is 0 Å². The molecule has 94 valence electrons. The molecule has 0 bridgehead atoms. The van der Waals surface area contributed by atoms with E-state index < -0.39 is 0 Å². The number of hydrogen-bond acceptors (Lipinski definition) is 6. The van der Waals surface area contributed by atoms with E-state index in [1.807, 2.05) is 0 Å². The van der Waals surface area contributed by atoms with Gasteiger partial charge in [-0.25, -0.2) is 5.84 Å². The number of hydrogen-bond donors (Lipinski definition) is 2. The van der Waals surface area contributed by atoms with Gasteiger partial charge in [-0.1, -0.05) is 17.8 Å². The van der Waals surface area contributed by atoms with Gasteiger partial charge in [0, 0.05) is 6.04 Å². The first-order chi connectivity index (χ1) is 8.36. The predicted octanol–water partition coefficient (Wildman–Crippen LogP) is 1.59. The second-order valence-electron chi connectivity index (χ2n) is 5.02. The molecule has 2 aliphatic rings. The van der Waals surface area contributed by atoms with Crippen molar-refractivity contribution in [3.8, 4) is 0 Å². The lowest BCUT2D eigenvalue weighted by atomic mass is 9.92. The Balaban J connectivity index is 1.67. The van der Waals surface area contributed by atoms with Crippen LogP contribution in [0.5, 0.6) is 0 Å². The lowest BCUT2D eigenvalue weighted by Crippen LogP contribution is -2.41. The highest BCUT2D eigenvalue weighted by atomic mass is 32.1. The van der Waals surface area contributed by atoms with Gasteiger partial charge in [0.2, 0.25) is 5.13 Å². The number of nitrogens with one attached hydrogen (secondary N) is 1. The Kier molecular flexibility index (Phi) is 3.26. The summed E-state index contributed by atoms with van der Waals surface area (Å²) in [7, 11) is 0. The third-order valence-electron chi connectivity index (χ3n) is 4.04. The Hall–Kier alpha value is -0.720. The molecule has 0 spiro atoms. The smallest absolute Gasteiger partial charge is 0.219 e. The lowest BCUT2D eigenvalue weighted by molar-refractivity contribution is 0.105. The average Bonchev–Trinajstić information content (AvgIpc) is 2.97. The summed E-state index contributed by atoms with van der Waals surface area (Å²) in [5.41, 5.74) is 2.56. The van der Waals surface area contributed by atoms with Crippen LogP contribution in [0, 0.1) is 5.92 Å². The SMILES string of the molecule is NNc1nnc(CN2CCCC3CCCC32)s1. The number of likely N-dealkylation sites (tertiary alicyclic amines) is 1. The molecule has 5 nitrogen and oxygen atoms in total. The van der Waals surface area contributed by atoms with E-state index in [1.54, 1.807) is 11.3 Å². The van der Waals surface area contributed by atoms with Crippen LogP contribution in [0.25, 0.3) is 0 Å². The van der Waals surface area contributed by atoms with Gasteiger partial charge in [-0.3, -0.25) is 10.3 Å². The van der Waals surface area contributed by atoms with E-state index in [2.05, 4.69) is 20.5 Å². The van der Waals surface area contributed by atoms with Crippen LogP contribution in [0.15, 0.2) is 0 Å². The van der Waals surface area contributed by atoms with Crippen LogP contribution in [-0.2, 0) is 6.54 Å². The molecular weight excluding hydrogens is 234 g/mol. The van der Waals surface area contributed by atoms with Crippen molar-refractivity contribution < 1.29 is 0 Å². The Morgan fingerprint density at radius 2 is 2.18 bits per heavy atom. The van der Waals surface area contributed by atoms with Crippen molar-refractivity contribution in [1.82, 2.24) is 15.1 Å². The fourth-order valence-electron chi connectivity index (χ4n) is 3.30. The minimum absolute atomic E-state index is 0.708. The molecule has 2 fully saturated rings. The van der Waals surface area contributed by atoms with Crippen LogP contribution >= 0.6 is 11.3 Å². The zero-order valence-electron chi connectivity index (χ0n) is 9.93. The maximum atomic E-state index is 5.33. The first-order valence-corrected chi connectivity index (χ1v) is 7.21. The molecular formula is C11H19N5S. The van der Waals surface area contributed by atoms with Crippen molar-refractivity contribution in [2.24, 2.45) is 11.8 Å². The molecule has 1 aromatic heterocycles. The van der Waals surface area contributed by atoms with Gasteiger partial charge in [0.05, 0.1) is 6.54 Å². The molecule has 3 rings (SSSR count). The molecule has 0 aromatic carbocycles. The molecule has 0 amide bonds. The van der Waals surface area contributed by atoms with Crippen molar-refractivity contribution in [2.75, 3.05) is 12.0 Å². The fourth-order valence-corrected chi connectivity index (χ4v) is 3.98. The number of anilines is 1. The molecule has 3 N–H and O–H groups in total. The number of nitrogen functional groups attached to an aromatic ring is 1. The maximum absolute atomic E-state index is 5.33. The number of nitrogens with two attached hydrogens (primary N) is 1. The summed E-state index contributed by atoms with van der Waals surface area (Å²) < 4.78 is 0. The molecule has 0 radical (unpaired) electrons. The van der Waals surface area contributed by atoms with Gasteiger partial charge < -0.3 is 0 Å². The maximum Gasteiger partial charge on any atom is 0.219 e. The summed E-state index contributed by atoms with van der Waals surface area (Å²) in [5, 5.41) is 9.95. The van der Waals surface area contributed by atoms with Crippen molar-refractivity contribution in [2.45, 2.75) is 44.7 Å². The average molecular weight is 253 g/mol. The molecule has 6 heteroatoms. The minimum atomic E-state index is 0.708. The summed E-state index contributed by atoms with van der Waals surface area (Å²) >= 11 is 1.56. The van der Waals surface area contributed by atoms with Gasteiger partial charge in [0.25, 0.3) is 0 Å². The molecule has 1 aliphatic heterocycles. The second-order valence-corrected chi connectivity index (χ2v) is 6.08. The Morgan fingerprint density at radius 1 is 1.29 bits per heavy atom. The summed E-state index contributed by atoms with van der Waals surface area (Å²) in [6, 6.07) is 0.793. The van der Waals surface area contributed by atoms with Gasteiger partial charge in [-0.15, -0.1) is 10.2 Å². The highest BCUT2D eigenvalue weighted by Gasteiger charge is 2.35. The molecule has 2 atom stereocenters. The zero-order valence-corrected chi connectivity index (χ0v) is 10.7. The highest BCUT2D eigenvalue weighted by Crippen LogP contribution is 2.37. The van der Waals surface area contributed by atoms with Gasteiger partial charge in [-0.2, -0.15) is 0 Å². The first kappa shape index (κ1) is 11.4. The number of nitrogens with zero attached hydrogens (tertiary/aromatic N) is 3. The molecule has 17 heavy (non-hydrogen) atoms. The van der Waals surface area contributed by atoms with Gasteiger partial charge in [0.1, 0.15) is 5.01 Å². The highest BCUT2D eigenvalue weighted by molar-refractivity contribution is 7.15. The van der Waals surface area contributed by atoms with Crippen LogP contribution in [0.1, 0.15) is 37.1 Å². The number of fused-ring (bicyclic) bond motifs is 1. The number of piperidine rings is 1. The molecule has 1 aliphatic carbocycles. The lowest BCUT2D eigenvalue weighted by Gasteiger charge is -2.37. The van der Waals surface area contributed by atoms with E-state index in [1.165, 1.54) is 38.6 Å². The topological polar surface area (TPSA) is 67.1 Å². The Bertz CT molecular complexity index is 380. The van der Waals surface area contributed by atoms with E-state index in [0.717, 1.165) is 23.5 Å². The minimum Gasteiger partial charge on any atom is -0.298 e. The summed E-state index contributed by atoms with van der Waals surface area (Å²) in [5.74, 6) is 6.26. The van der Waals surface area contributed by atoms with Gasteiger partial charge >= 0.3 is 0 Å². The monoisotopic (exact) mass is 253 g/mol. The molecule has 2 heterocycles. The van der Waals surface area contributed by atoms with Crippen molar-refractivity contribution in [3.05, 3.63) is 5.01 Å². The fraction of sp³-hybridized carbons (Fsp3) is 0.818. The third kappa shape index (κ3) is 2.29. The van der Waals surface area contributed by atoms with Gasteiger partial charge in [0.15, 0.2) is 0 Å². The van der Waals surface area contributed by atoms with E-state index in [9.17, 15) is 0 Å². The quantitative estimate of drug-likeness (QED) is 0.632. The largest absolute Gasteiger partial charge is 0.298 e. The van der Waals surface area contributed by atoms with Crippen LogP contribution in [0.2, 0.25) is 0 Å². The standard InChI is InChI=1S/C11H19N5S/c12-13-11-15-14-10(17-11)7-16-6-2-4-8-3-1-5-9(8)16/h8-9H,1-7,12H2,(H,13,15). The van der Waals surface area contributed by atoms with Crippen LogP contribution in [0.4, 0.5) is 5.13 Å². The Morgan fingerprint density at radius 3 is 3.00 bits per heavy atom. The van der Waals surface area contributed by atoms with Crippen molar-refractivity contribution in [1.29, 1.82) is 0 Å². The third-order valence-corrected chi connectivity index (χ3v) is 4.88. The first-order valence-electron chi connectivity index (χ1n) is 6.40. The molecule has 1 aromatic rings. The van der Waals surface area contributed by atoms with E-state index >= 15 is 0 Å². The number of hydrazine groups is 1. The summed E-state index contributed by atoms with van der Waals surface area (Å²) in [4.78, 5) is 2.60. The van der Waals surface area contributed by atoms with Crippen LogP contribution < -0.4 is 11.3 Å². The van der Waals surface area contributed by atoms with E-state index in [4.69, 9.17) is 5.84 Å². The normalized spacial score (nSPS) is 29.2.